The maximum atomic E-state index is 11.6. The molecule has 0 bridgehead atoms. The van der Waals surface area contributed by atoms with Crippen LogP contribution in [0.5, 0.6) is 0 Å². The SMILES string of the molecule is C[C@@H]1CN(Cc2ccccc2CNC(=O)[C@@H](C)N)C[C@@H](C)O1. The zero-order valence-corrected chi connectivity index (χ0v) is 13.7. The fraction of sp³-hybridized carbons (Fsp3) is 0.588. The molecule has 5 heteroatoms. The zero-order valence-electron chi connectivity index (χ0n) is 13.7. The topological polar surface area (TPSA) is 67.6 Å². The van der Waals surface area contributed by atoms with Crippen LogP contribution in [0.1, 0.15) is 31.9 Å². The van der Waals surface area contributed by atoms with E-state index in [9.17, 15) is 4.79 Å². The molecule has 3 N–H and O–H groups in total. The molecule has 1 fully saturated rings. The van der Waals surface area contributed by atoms with Gasteiger partial charge >= 0.3 is 0 Å². The van der Waals surface area contributed by atoms with E-state index < -0.39 is 6.04 Å². The Balaban J connectivity index is 2.00. The molecule has 22 heavy (non-hydrogen) atoms. The average Bonchev–Trinajstić information content (AvgIpc) is 2.44. The summed E-state index contributed by atoms with van der Waals surface area (Å²) in [6, 6.07) is 7.75. The Bertz CT molecular complexity index is 494. The number of hydrogen-bond acceptors (Lipinski definition) is 4. The molecule has 1 amide bonds. The van der Waals surface area contributed by atoms with Crippen molar-refractivity contribution >= 4 is 5.91 Å². The van der Waals surface area contributed by atoms with Gasteiger partial charge in [0.15, 0.2) is 0 Å². The number of morpholine rings is 1. The molecule has 1 saturated heterocycles. The highest BCUT2D eigenvalue weighted by Crippen LogP contribution is 2.17. The van der Waals surface area contributed by atoms with Gasteiger partial charge in [0, 0.05) is 26.2 Å². The molecule has 1 aliphatic rings. The van der Waals surface area contributed by atoms with Gasteiger partial charge in [-0.05, 0) is 31.9 Å². The number of nitrogens with two attached hydrogens (primary N) is 1. The fourth-order valence-corrected chi connectivity index (χ4v) is 2.88. The third kappa shape index (κ3) is 4.80. The van der Waals surface area contributed by atoms with Crippen LogP contribution in [0.2, 0.25) is 0 Å². The monoisotopic (exact) mass is 305 g/mol. The number of carbonyl (C=O) groups excluding carboxylic acids is 1. The summed E-state index contributed by atoms with van der Waals surface area (Å²) in [5.41, 5.74) is 7.97. The van der Waals surface area contributed by atoms with Crippen LogP contribution in [0, 0.1) is 0 Å². The lowest BCUT2D eigenvalue weighted by molar-refractivity contribution is -0.122. The van der Waals surface area contributed by atoms with Crippen LogP contribution >= 0.6 is 0 Å². The minimum absolute atomic E-state index is 0.122. The van der Waals surface area contributed by atoms with Crippen LogP contribution in [0.25, 0.3) is 0 Å². The van der Waals surface area contributed by atoms with Crippen molar-refractivity contribution in [2.24, 2.45) is 5.73 Å². The third-order valence-corrected chi connectivity index (χ3v) is 3.87. The largest absolute Gasteiger partial charge is 0.373 e. The number of nitrogens with one attached hydrogen (secondary N) is 1. The fourth-order valence-electron chi connectivity index (χ4n) is 2.88. The van der Waals surface area contributed by atoms with E-state index in [1.54, 1.807) is 6.92 Å². The number of nitrogens with zero attached hydrogens (tertiary/aromatic N) is 1. The van der Waals surface area contributed by atoms with Gasteiger partial charge in [-0.1, -0.05) is 24.3 Å². The second-order valence-electron chi connectivity index (χ2n) is 6.23. The first-order valence-electron chi connectivity index (χ1n) is 7.93. The van der Waals surface area contributed by atoms with E-state index in [-0.39, 0.29) is 18.1 Å². The van der Waals surface area contributed by atoms with Gasteiger partial charge in [0.1, 0.15) is 0 Å². The maximum absolute atomic E-state index is 11.6. The number of hydrogen-bond donors (Lipinski definition) is 2. The van der Waals surface area contributed by atoms with Crippen molar-refractivity contribution in [2.45, 2.75) is 52.1 Å². The van der Waals surface area contributed by atoms with Gasteiger partial charge in [-0.2, -0.15) is 0 Å². The maximum Gasteiger partial charge on any atom is 0.236 e. The van der Waals surface area contributed by atoms with Gasteiger partial charge in [-0.15, -0.1) is 0 Å². The van der Waals surface area contributed by atoms with Crippen LogP contribution in [0.15, 0.2) is 24.3 Å². The van der Waals surface area contributed by atoms with Gasteiger partial charge in [-0.25, -0.2) is 0 Å². The van der Waals surface area contributed by atoms with E-state index in [0.29, 0.717) is 6.54 Å². The van der Waals surface area contributed by atoms with Gasteiger partial charge in [0.05, 0.1) is 18.2 Å². The second-order valence-corrected chi connectivity index (χ2v) is 6.23. The molecule has 0 saturated carbocycles. The van der Waals surface area contributed by atoms with Gasteiger partial charge in [0.2, 0.25) is 5.91 Å². The summed E-state index contributed by atoms with van der Waals surface area (Å²) in [6.45, 7) is 9.18. The third-order valence-electron chi connectivity index (χ3n) is 3.87. The van der Waals surface area contributed by atoms with Crippen LogP contribution < -0.4 is 11.1 Å². The molecule has 1 aliphatic heterocycles. The number of rotatable bonds is 5. The molecule has 122 valence electrons. The van der Waals surface area contributed by atoms with Crippen molar-refractivity contribution in [2.75, 3.05) is 13.1 Å². The lowest BCUT2D eigenvalue weighted by Crippen LogP contribution is -2.45. The van der Waals surface area contributed by atoms with E-state index in [1.807, 2.05) is 12.1 Å². The number of carbonyl (C=O) groups is 1. The quantitative estimate of drug-likeness (QED) is 0.859. The van der Waals surface area contributed by atoms with Crippen LogP contribution in [0.4, 0.5) is 0 Å². The summed E-state index contributed by atoms with van der Waals surface area (Å²) in [5.74, 6) is -0.122. The summed E-state index contributed by atoms with van der Waals surface area (Å²) < 4.78 is 5.78. The van der Waals surface area contributed by atoms with Gasteiger partial charge in [-0.3, -0.25) is 9.69 Å². The molecule has 0 spiro atoms. The molecule has 1 aromatic rings. The molecule has 0 aliphatic carbocycles. The molecule has 0 unspecified atom stereocenters. The van der Waals surface area contributed by atoms with Gasteiger partial charge in [0.25, 0.3) is 0 Å². The van der Waals surface area contributed by atoms with Crippen molar-refractivity contribution in [3.8, 4) is 0 Å². The number of benzene rings is 1. The first-order chi connectivity index (χ1) is 10.5. The average molecular weight is 305 g/mol. The molecule has 0 radical (unpaired) electrons. The Morgan fingerprint density at radius 2 is 1.91 bits per heavy atom. The van der Waals surface area contributed by atoms with Crippen molar-refractivity contribution in [1.29, 1.82) is 0 Å². The predicted molar refractivity (Wildman–Crippen MR) is 87.2 cm³/mol. The Morgan fingerprint density at radius 1 is 1.32 bits per heavy atom. The Morgan fingerprint density at radius 3 is 2.50 bits per heavy atom. The normalized spacial score (nSPS) is 24.0. The van der Waals surface area contributed by atoms with E-state index >= 15 is 0 Å². The summed E-state index contributed by atoms with van der Waals surface area (Å²) in [4.78, 5) is 14.0. The highest BCUT2D eigenvalue weighted by Gasteiger charge is 2.22. The van der Waals surface area contributed by atoms with E-state index in [4.69, 9.17) is 10.5 Å². The van der Waals surface area contributed by atoms with Crippen molar-refractivity contribution in [3.63, 3.8) is 0 Å². The lowest BCUT2D eigenvalue weighted by atomic mass is 10.1. The predicted octanol–water partition coefficient (Wildman–Crippen LogP) is 1.26. The van der Waals surface area contributed by atoms with E-state index in [2.05, 4.69) is 36.2 Å². The minimum Gasteiger partial charge on any atom is -0.373 e. The standard InChI is InChI=1S/C17H27N3O2/c1-12-9-20(10-13(2)22-12)11-16-7-5-4-6-15(16)8-19-17(21)14(3)18/h4-7,12-14H,8-11,18H2,1-3H3,(H,19,21)/t12-,13-,14-/m1/s1. The van der Waals surface area contributed by atoms with Crippen LogP contribution in [0.3, 0.4) is 0 Å². The Hall–Kier alpha value is -1.43. The van der Waals surface area contributed by atoms with Crippen LogP contribution in [-0.4, -0.2) is 42.1 Å². The van der Waals surface area contributed by atoms with Crippen LogP contribution in [-0.2, 0) is 22.6 Å². The summed E-state index contributed by atoms with van der Waals surface area (Å²) in [5, 5.41) is 2.89. The van der Waals surface area contributed by atoms with Crippen molar-refractivity contribution < 1.29 is 9.53 Å². The Kier molecular flexibility index (Phi) is 5.94. The molecular weight excluding hydrogens is 278 g/mol. The van der Waals surface area contributed by atoms with Gasteiger partial charge < -0.3 is 15.8 Å². The molecule has 3 atom stereocenters. The molecule has 1 aromatic carbocycles. The molecule has 5 nitrogen and oxygen atoms in total. The first-order valence-corrected chi connectivity index (χ1v) is 7.93. The molecule has 0 aromatic heterocycles. The van der Waals surface area contributed by atoms with E-state index in [0.717, 1.165) is 25.2 Å². The Labute approximate surface area is 132 Å². The zero-order chi connectivity index (χ0) is 16.1. The second kappa shape index (κ2) is 7.72. The van der Waals surface area contributed by atoms with Crippen molar-refractivity contribution in [3.05, 3.63) is 35.4 Å². The first kappa shape index (κ1) is 16.9. The van der Waals surface area contributed by atoms with E-state index in [1.165, 1.54) is 5.56 Å². The van der Waals surface area contributed by atoms with Crippen molar-refractivity contribution in [1.82, 2.24) is 10.2 Å². The molecule has 2 rings (SSSR count). The highest BCUT2D eigenvalue weighted by atomic mass is 16.5. The number of amides is 1. The minimum atomic E-state index is -0.479. The smallest absolute Gasteiger partial charge is 0.236 e. The summed E-state index contributed by atoms with van der Waals surface area (Å²) in [6.07, 6.45) is 0.516. The highest BCUT2D eigenvalue weighted by molar-refractivity contribution is 5.80. The molecule has 1 heterocycles. The lowest BCUT2D eigenvalue weighted by Gasteiger charge is -2.35. The number of ether oxygens (including phenoxy) is 1. The molecular formula is C17H27N3O2. The summed E-state index contributed by atoms with van der Waals surface area (Å²) >= 11 is 0. The summed E-state index contributed by atoms with van der Waals surface area (Å²) in [7, 11) is 0.